The van der Waals surface area contributed by atoms with Crippen molar-refractivity contribution >= 4 is 10.1 Å². The van der Waals surface area contributed by atoms with Crippen LogP contribution in [0.5, 0.6) is 11.5 Å². The van der Waals surface area contributed by atoms with Gasteiger partial charge in [0.1, 0.15) is 17.6 Å². The molecule has 0 aromatic heterocycles. The molecule has 2 aromatic carbocycles. The number of ether oxygens (including phenoxy) is 1. The van der Waals surface area contributed by atoms with Crippen molar-refractivity contribution in [3.05, 3.63) is 71.8 Å². The molecular formula is C26H36O6S. The number of benzene rings is 2. The normalized spacial score (nSPS) is 14.9. The van der Waals surface area contributed by atoms with Crippen LogP contribution in [0.3, 0.4) is 0 Å². The van der Waals surface area contributed by atoms with E-state index in [0.717, 1.165) is 30.4 Å². The van der Waals surface area contributed by atoms with Gasteiger partial charge in [-0.25, -0.2) is 0 Å². The quantitative estimate of drug-likeness (QED) is 0.172. The molecule has 3 atom stereocenters. The molecule has 7 heteroatoms. The van der Waals surface area contributed by atoms with Crippen molar-refractivity contribution < 1.29 is 27.9 Å². The highest BCUT2D eigenvalue weighted by Crippen LogP contribution is 2.30. The molecule has 0 saturated carbocycles. The summed E-state index contributed by atoms with van der Waals surface area (Å²) in [6, 6.07) is 13.5. The van der Waals surface area contributed by atoms with E-state index in [4.69, 9.17) is 4.74 Å². The average molecular weight is 477 g/mol. The fourth-order valence-corrected chi connectivity index (χ4v) is 4.61. The van der Waals surface area contributed by atoms with Crippen molar-refractivity contribution in [2.75, 3.05) is 6.61 Å². The van der Waals surface area contributed by atoms with Gasteiger partial charge in [-0.3, -0.25) is 4.55 Å². The lowest BCUT2D eigenvalue weighted by Crippen LogP contribution is -2.22. The minimum absolute atomic E-state index is 0.0656. The summed E-state index contributed by atoms with van der Waals surface area (Å²) < 4.78 is 40.1. The Morgan fingerprint density at radius 1 is 0.909 bits per heavy atom. The van der Waals surface area contributed by atoms with Crippen molar-refractivity contribution in [3.8, 4) is 11.5 Å². The Labute approximate surface area is 197 Å². The Morgan fingerprint density at radius 2 is 1.48 bits per heavy atom. The molecule has 2 rings (SSSR count). The molecule has 0 fully saturated rings. The van der Waals surface area contributed by atoms with Gasteiger partial charge in [0.25, 0.3) is 10.1 Å². The largest absolute Gasteiger partial charge is 0.508 e. The third kappa shape index (κ3) is 9.20. The zero-order valence-corrected chi connectivity index (χ0v) is 20.2. The maximum atomic E-state index is 12.1. The van der Waals surface area contributed by atoms with E-state index in [1.54, 1.807) is 54.6 Å². The van der Waals surface area contributed by atoms with E-state index in [2.05, 4.69) is 6.92 Å². The number of phenolic OH excluding ortho intramolecular Hbond substituents is 2. The number of allylic oxidation sites excluding steroid dienone is 1. The molecule has 0 bridgehead atoms. The molecule has 0 aliphatic rings. The van der Waals surface area contributed by atoms with E-state index in [9.17, 15) is 23.2 Å². The van der Waals surface area contributed by atoms with Crippen LogP contribution in [0, 0.1) is 0 Å². The molecule has 6 nitrogen and oxygen atoms in total. The van der Waals surface area contributed by atoms with Gasteiger partial charge >= 0.3 is 0 Å². The monoisotopic (exact) mass is 476 g/mol. The second-order valence-corrected chi connectivity index (χ2v) is 10.0. The van der Waals surface area contributed by atoms with Crippen molar-refractivity contribution in [2.45, 2.75) is 69.6 Å². The van der Waals surface area contributed by atoms with Crippen LogP contribution in [0.2, 0.25) is 0 Å². The lowest BCUT2D eigenvalue weighted by Gasteiger charge is -2.21. The number of phenols is 2. The summed E-state index contributed by atoms with van der Waals surface area (Å²) in [4.78, 5) is 0. The van der Waals surface area contributed by atoms with Gasteiger partial charge in [-0.05, 0) is 67.0 Å². The summed E-state index contributed by atoms with van der Waals surface area (Å²) in [7, 11) is -4.25. The highest BCUT2D eigenvalue weighted by molar-refractivity contribution is 7.86. The predicted molar refractivity (Wildman–Crippen MR) is 131 cm³/mol. The Kier molecular flexibility index (Phi) is 10.9. The van der Waals surface area contributed by atoms with Crippen LogP contribution in [0.25, 0.3) is 0 Å². The van der Waals surface area contributed by atoms with Gasteiger partial charge < -0.3 is 14.9 Å². The summed E-state index contributed by atoms with van der Waals surface area (Å²) in [6.45, 7) is 4.66. The third-order valence-corrected chi connectivity index (χ3v) is 7.03. The zero-order chi connectivity index (χ0) is 24.3. The van der Waals surface area contributed by atoms with Gasteiger partial charge in [0, 0.05) is 6.61 Å². The Morgan fingerprint density at radius 3 is 2.00 bits per heavy atom. The van der Waals surface area contributed by atoms with Crippen LogP contribution in [-0.2, 0) is 14.9 Å². The first-order chi connectivity index (χ1) is 15.7. The Hall–Kier alpha value is -2.35. The Bertz CT molecular complexity index is 951. The molecule has 182 valence electrons. The number of unbranched alkanes of at least 4 members (excludes halogenated alkanes) is 2. The standard InChI is InChI=1S/C26H36O6S/c1-3-5-6-18-32-26(22-12-16-24(28)17-13-22)9-7-8-25(33(29,30)31)19-20(4-2)21-10-14-23(27)15-11-21/h7,9-17,20,25-28H,3-6,8,18-19H2,1-2H3,(H,29,30,31)/b9-7+/t20-,25-,26+/m0/s1. The fraction of sp³-hybridized carbons (Fsp3) is 0.462. The fourth-order valence-electron chi connectivity index (χ4n) is 3.78. The maximum Gasteiger partial charge on any atom is 0.268 e. The lowest BCUT2D eigenvalue weighted by atomic mass is 9.91. The van der Waals surface area contributed by atoms with Crippen LogP contribution in [0.15, 0.2) is 60.7 Å². The molecule has 0 radical (unpaired) electrons. The van der Waals surface area contributed by atoms with Crippen LogP contribution >= 0.6 is 0 Å². The summed E-state index contributed by atoms with van der Waals surface area (Å²) in [6.07, 6.45) is 7.40. The van der Waals surface area contributed by atoms with Gasteiger partial charge in [0.15, 0.2) is 0 Å². The molecule has 0 aliphatic heterocycles. The summed E-state index contributed by atoms with van der Waals surface area (Å²) in [5, 5.41) is 18.1. The first-order valence-electron chi connectivity index (χ1n) is 11.6. The molecule has 0 saturated heterocycles. The third-order valence-electron chi connectivity index (χ3n) is 5.80. The van der Waals surface area contributed by atoms with Crippen molar-refractivity contribution in [1.29, 1.82) is 0 Å². The highest BCUT2D eigenvalue weighted by Gasteiger charge is 2.26. The van der Waals surface area contributed by atoms with Gasteiger partial charge in [-0.1, -0.05) is 63.1 Å². The van der Waals surface area contributed by atoms with Crippen LogP contribution in [-0.4, -0.2) is 35.0 Å². The first kappa shape index (κ1) is 26.9. The topological polar surface area (TPSA) is 104 Å². The number of hydrogen-bond donors (Lipinski definition) is 3. The Balaban J connectivity index is 2.13. The zero-order valence-electron chi connectivity index (χ0n) is 19.4. The number of aromatic hydroxyl groups is 2. The minimum Gasteiger partial charge on any atom is -0.508 e. The van der Waals surface area contributed by atoms with E-state index in [1.165, 1.54) is 0 Å². The second-order valence-electron chi connectivity index (χ2n) is 8.32. The van der Waals surface area contributed by atoms with Crippen molar-refractivity contribution in [3.63, 3.8) is 0 Å². The molecule has 33 heavy (non-hydrogen) atoms. The summed E-state index contributed by atoms with van der Waals surface area (Å²) in [5.41, 5.74) is 1.79. The molecule has 3 N–H and O–H groups in total. The molecule has 0 heterocycles. The van der Waals surface area contributed by atoms with Gasteiger partial charge in [0.2, 0.25) is 0 Å². The summed E-state index contributed by atoms with van der Waals surface area (Å²) in [5.74, 6) is 0.255. The van der Waals surface area contributed by atoms with Gasteiger partial charge in [-0.2, -0.15) is 8.42 Å². The maximum absolute atomic E-state index is 12.1. The molecule has 0 unspecified atom stereocenters. The van der Waals surface area contributed by atoms with E-state index >= 15 is 0 Å². The molecular weight excluding hydrogens is 440 g/mol. The van der Waals surface area contributed by atoms with E-state index < -0.39 is 15.4 Å². The van der Waals surface area contributed by atoms with Crippen molar-refractivity contribution in [1.82, 2.24) is 0 Å². The smallest absolute Gasteiger partial charge is 0.268 e. The lowest BCUT2D eigenvalue weighted by molar-refractivity contribution is 0.0819. The molecule has 2 aromatic rings. The number of hydrogen-bond acceptors (Lipinski definition) is 5. The minimum atomic E-state index is -4.25. The SMILES string of the molecule is CCCCCO[C@H](/C=C/C[C@@H](C[C@H](CC)c1ccc(O)cc1)S(=O)(=O)O)c1ccc(O)cc1. The van der Waals surface area contributed by atoms with Crippen molar-refractivity contribution in [2.24, 2.45) is 0 Å². The van der Waals surface area contributed by atoms with Crippen LogP contribution < -0.4 is 0 Å². The second kappa shape index (κ2) is 13.4. The predicted octanol–water partition coefficient (Wildman–Crippen LogP) is 6.13. The first-order valence-corrected chi connectivity index (χ1v) is 13.1. The molecule has 0 aliphatic carbocycles. The number of rotatable bonds is 14. The van der Waals surface area contributed by atoms with E-state index in [-0.39, 0.29) is 36.4 Å². The van der Waals surface area contributed by atoms with Crippen LogP contribution in [0.1, 0.15) is 75.5 Å². The average Bonchev–Trinajstić information content (AvgIpc) is 2.78. The van der Waals surface area contributed by atoms with Gasteiger partial charge in [-0.15, -0.1) is 0 Å². The molecule has 0 spiro atoms. The van der Waals surface area contributed by atoms with Gasteiger partial charge in [0.05, 0.1) is 5.25 Å². The van der Waals surface area contributed by atoms with E-state index in [1.807, 2.05) is 13.0 Å². The summed E-state index contributed by atoms with van der Waals surface area (Å²) >= 11 is 0. The van der Waals surface area contributed by atoms with E-state index in [0.29, 0.717) is 13.0 Å². The van der Waals surface area contributed by atoms with Crippen LogP contribution in [0.4, 0.5) is 0 Å². The molecule has 0 amide bonds. The highest BCUT2D eigenvalue weighted by atomic mass is 32.2.